The first-order valence-corrected chi connectivity index (χ1v) is 12.8. The summed E-state index contributed by atoms with van der Waals surface area (Å²) in [5.74, 6) is -3.27. The minimum Gasteiger partial charge on any atom is -0.441 e. The van der Waals surface area contributed by atoms with Crippen molar-refractivity contribution in [3.63, 3.8) is 0 Å². The van der Waals surface area contributed by atoms with Crippen molar-refractivity contribution in [2.75, 3.05) is 36.9 Å². The van der Waals surface area contributed by atoms with Gasteiger partial charge in [-0.1, -0.05) is 17.7 Å². The molecule has 2 aliphatic rings. The van der Waals surface area contributed by atoms with E-state index in [1.165, 1.54) is 29.3 Å². The van der Waals surface area contributed by atoms with Gasteiger partial charge in [0.25, 0.3) is 11.8 Å². The zero-order valence-electron chi connectivity index (χ0n) is 21.6. The van der Waals surface area contributed by atoms with E-state index in [1.807, 2.05) is 0 Å². The number of halogens is 4. The number of cyclic esters (lactones) is 1. The topological polar surface area (TPSA) is 139 Å². The zero-order valence-corrected chi connectivity index (χ0v) is 22.4. The van der Waals surface area contributed by atoms with Crippen LogP contribution in [0.4, 0.5) is 29.5 Å². The van der Waals surface area contributed by atoms with Crippen LogP contribution in [0.2, 0.25) is 5.02 Å². The average Bonchev–Trinajstić information content (AvgIpc) is 3.30. The maximum Gasteiger partial charge on any atom is 0.412 e. The van der Waals surface area contributed by atoms with E-state index in [4.69, 9.17) is 27.8 Å². The van der Waals surface area contributed by atoms with Crippen LogP contribution in [0.3, 0.4) is 0 Å². The van der Waals surface area contributed by atoms with Crippen LogP contribution in [0.5, 0.6) is 0 Å². The fraction of sp³-hybridized carbons (Fsp3) is 0.346. The van der Waals surface area contributed by atoms with Gasteiger partial charge in [-0.15, -0.1) is 0 Å². The Bertz CT molecular complexity index is 1340. The molecule has 1 aromatic heterocycles. The summed E-state index contributed by atoms with van der Waals surface area (Å²) in [5, 5.41) is 5.06. The van der Waals surface area contributed by atoms with E-state index in [9.17, 15) is 22.8 Å². The Labute approximate surface area is 233 Å². The first-order valence-electron chi connectivity index (χ1n) is 12.4. The van der Waals surface area contributed by atoms with Gasteiger partial charge in [-0.25, -0.2) is 22.9 Å². The highest BCUT2D eigenvalue weighted by Gasteiger charge is 2.38. The number of amides is 2. The zero-order chi connectivity index (χ0) is 29.0. The summed E-state index contributed by atoms with van der Waals surface area (Å²) in [6, 6.07) is 6.18. The van der Waals surface area contributed by atoms with Crippen molar-refractivity contribution < 1.29 is 27.5 Å². The number of fused-ring (bicyclic) bond motifs is 1. The summed E-state index contributed by atoms with van der Waals surface area (Å²) < 4.78 is 46.8. The fourth-order valence-corrected chi connectivity index (χ4v) is 4.51. The van der Waals surface area contributed by atoms with Gasteiger partial charge in [0.05, 0.1) is 34.2 Å². The Hall–Kier alpha value is -4.13. The molecule has 1 saturated heterocycles. The predicted molar refractivity (Wildman–Crippen MR) is 144 cm³/mol. The Morgan fingerprint density at radius 2 is 2.15 bits per heavy atom. The summed E-state index contributed by atoms with van der Waals surface area (Å²) in [5.41, 5.74) is 13.0. The van der Waals surface area contributed by atoms with E-state index in [0.717, 1.165) is 6.20 Å². The summed E-state index contributed by atoms with van der Waals surface area (Å²) in [4.78, 5) is 31.9. The minimum atomic E-state index is -2.72. The second-order valence-electron chi connectivity index (χ2n) is 9.48. The van der Waals surface area contributed by atoms with Crippen LogP contribution in [0.1, 0.15) is 30.1 Å². The lowest BCUT2D eigenvalue weighted by atomic mass is 10.0. The molecular weight excluding hydrogens is 551 g/mol. The van der Waals surface area contributed by atoms with Crippen molar-refractivity contribution in [2.45, 2.75) is 31.4 Å². The number of hydrogen-bond acceptors (Lipinski definition) is 8. The molecule has 1 atom stereocenters. The highest BCUT2D eigenvalue weighted by Crippen LogP contribution is 2.37. The molecule has 1 aromatic carbocycles. The Morgan fingerprint density at radius 3 is 2.80 bits per heavy atom. The second kappa shape index (κ2) is 11.9. The lowest BCUT2D eigenvalue weighted by Crippen LogP contribution is -2.31. The average molecular weight is 580 g/mol. The second-order valence-corrected chi connectivity index (χ2v) is 9.89. The van der Waals surface area contributed by atoms with Gasteiger partial charge in [0.15, 0.2) is 5.82 Å². The van der Waals surface area contributed by atoms with Crippen LogP contribution in [-0.2, 0) is 16.1 Å². The molecule has 40 heavy (non-hydrogen) atoms. The van der Waals surface area contributed by atoms with E-state index in [0.29, 0.717) is 11.4 Å². The molecule has 0 bridgehead atoms. The van der Waals surface area contributed by atoms with Crippen molar-refractivity contribution in [1.29, 1.82) is 0 Å². The number of nitrogens with zero attached hydrogens (tertiary/aromatic N) is 3. The molecule has 6 N–H and O–H groups in total. The van der Waals surface area contributed by atoms with Crippen LogP contribution >= 0.6 is 11.6 Å². The molecule has 0 saturated carbocycles. The highest BCUT2D eigenvalue weighted by molar-refractivity contribution is 6.31. The summed E-state index contributed by atoms with van der Waals surface area (Å²) in [6.45, 7) is 0.221. The molecule has 10 nitrogen and oxygen atoms in total. The third-order valence-electron chi connectivity index (χ3n) is 6.61. The monoisotopic (exact) mass is 579 g/mol. The number of ether oxygens (including phenoxy) is 1. The number of hydrogen-bond donors (Lipinski definition) is 4. The fourth-order valence-electron chi connectivity index (χ4n) is 4.34. The van der Waals surface area contributed by atoms with Gasteiger partial charge in [-0.2, -0.15) is 0 Å². The molecule has 214 valence electrons. The van der Waals surface area contributed by atoms with Crippen LogP contribution in [0, 0.1) is 5.82 Å². The molecule has 3 heterocycles. The van der Waals surface area contributed by atoms with Gasteiger partial charge in [0.2, 0.25) is 0 Å². The van der Waals surface area contributed by atoms with Crippen molar-refractivity contribution in [1.82, 2.24) is 15.2 Å². The van der Waals surface area contributed by atoms with Crippen molar-refractivity contribution >= 4 is 35.1 Å². The molecule has 14 heteroatoms. The number of alkyl halides is 2. The van der Waals surface area contributed by atoms with Crippen LogP contribution in [-0.4, -0.2) is 54.5 Å². The lowest BCUT2D eigenvalue weighted by molar-refractivity contribution is -0.117. The van der Waals surface area contributed by atoms with Crippen LogP contribution in [0.15, 0.2) is 54.1 Å². The molecule has 0 spiro atoms. The number of aromatic nitrogens is 1. The molecule has 4 rings (SSSR count). The molecule has 2 amide bonds. The van der Waals surface area contributed by atoms with Crippen molar-refractivity contribution in [3.8, 4) is 0 Å². The van der Waals surface area contributed by atoms with Gasteiger partial charge in [-0.3, -0.25) is 10.1 Å². The maximum atomic E-state index is 14.7. The molecular formula is C26H29ClF3N7O3. The van der Waals surface area contributed by atoms with Crippen LogP contribution in [0.25, 0.3) is 0 Å². The van der Waals surface area contributed by atoms with E-state index in [2.05, 4.69) is 15.6 Å². The highest BCUT2D eigenvalue weighted by atomic mass is 35.5. The van der Waals surface area contributed by atoms with E-state index in [-0.39, 0.29) is 66.7 Å². The Balaban J connectivity index is 1.32. The minimum absolute atomic E-state index is 0.0877. The van der Waals surface area contributed by atoms with Gasteiger partial charge >= 0.3 is 6.09 Å². The number of nitrogens with two attached hydrogens (primary N) is 2. The number of pyridine rings is 1. The summed E-state index contributed by atoms with van der Waals surface area (Å²) >= 11 is 5.90. The molecule has 1 unspecified atom stereocenters. The quantitative estimate of drug-likeness (QED) is 0.261. The largest absolute Gasteiger partial charge is 0.441 e. The number of carbonyl (C=O) groups excluding carboxylic acids is 2. The molecule has 2 aromatic rings. The molecule has 0 radical (unpaired) electrons. The first kappa shape index (κ1) is 28.9. The Morgan fingerprint density at radius 1 is 1.38 bits per heavy atom. The standard InChI is InChI=1S/C26H29ClF3N7O3/c1-36(8-6-19-22-18(35-25(39)40-19)4-3-17(27)23(22)28)20(32)10-16(11-31)24(38)34-13-15-2-5-21(33-12-15)37-9-7-26(29,30)14-37/h2-5,10-12,19H,6-9,13-14,31-32H2,1H3,(H,34,38)(H,35,39)/b16-11+,20-10+. The smallest absolute Gasteiger partial charge is 0.412 e. The summed E-state index contributed by atoms with van der Waals surface area (Å²) in [7, 11) is 1.65. The van der Waals surface area contributed by atoms with Crippen molar-refractivity contribution in [2.24, 2.45) is 11.5 Å². The van der Waals surface area contributed by atoms with Gasteiger partial charge in [-0.05, 0) is 29.8 Å². The third-order valence-corrected chi connectivity index (χ3v) is 6.90. The predicted octanol–water partition coefficient (Wildman–Crippen LogP) is 3.60. The number of carbonyl (C=O) groups is 2. The van der Waals surface area contributed by atoms with Crippen molar-refractivity contribution in [3.05, 3.63) is 76.1 Å². The van der Waals surface area contributed by atoms with Gasteiger partial charge in [0.1, 0.15) is 11.9 Å². The molecule has 1 fully saturated rings. The molecule has 2 aliphatic heterocycles. The van der Waals surface area contributed by atoms with E-state index < -0.39 is 29.8 Å². The first-order chi connectivity index (χ1) is 19.0. The van der Waals surface area contributed by atoms with Gasteiger partial charge in [0, 0.05) is 51.9 Å². The number of rotatable bonds is 9. The Kier molecular flexibility index (Phi) is 8.62. The normalized spacial score (nSPS) is 18.6. The number of anilines is 2. The molecule has 0 aliphatic carbocycles. The number of benzene rings is 1. The van der Waals surface area contributed by atoms with Crippen LogP contribution < -0.4 is 27.0 Å². The SMILES string of the molecule is CN(CCC1OC(=O)Nc2ccc(Cl)c(F)c21)/C(N)=C/C(=C\N)C(=O)NCc1ccc(N2CCC(F)(F)C2)nc1. The number of nitrogens with one attached hydrogen (secondary N) is 2. The van der Waals surface area contributed by atoms with E-state index >= 15 is 0 Å². The van der Waals surface area contributed by atoms with E-state index in [1.54, 1.807) is 24.1 Å². The summed E-state index contributed by atoms with van der Waals surface area (Å²) in [6.07, 6.45) is 2.37. The lowest BCUT2D eigenvalue weighted by Gasteiger charge is -2.29. The third kappa shape index (κ3) is 6.71. The maximum absolute atomic E-state index is 14.7. The van der Waals surface area contributed by atoms with Gasteiger partial charge < -0.3 is 31.3 Å².